The molecule has 0 aliphatic rings. The van der Waals surface area contributed by atoms with Gasteiger partial charge in [-0.15, -0.1) is 0 Å². The van der Waals surface area contributed by atoms with Gasteiger partial charge in [-0.3, -0.25) is 10.1 Å². The van der Waals surface area contributed by atoms with E-state index in [1.54, 1.807) is 25.3 Å². The first-order valence-electron chi connectivity index (χ1n) is 6.90. The van der Waals surface area contributed by atoms with Gasteiger partial charge in [0.15, 0.2) is 0 Å². The lowest BCUT2D eigenvalue weighted by Gasteiger charge is -2.21. The summed E-state index contributed by atoms with van der Waals surface area (Å²) in [6.45, 7) is 6.40. The number of hydrogen-bond donors (Lipinski definition) is 3. The highest BCUT2D eigenvalue weighted by atomic mass is 16.5. The molecule has 0 heterocycles. The van der Waals surface area contributed by atoms with Gasteiger partial charge in [0.1, 0.15) is 11.5 Å². The maximum Gasteiger partial charge on any atom is 0.236 e. The fraction of sp³-hybridized carbons (Fsp3) is 0.533. The Kier molecular flexibility index (Phi) is 6.31. The molecule has 3 N–H and O–H groups in total. The average molecular weight is 280 g/mol. The molecule has 0 aliphatic heterocycles. The van der Waals surface area contributed by atoms with E-state index in [4.69, 9.17) is 4.74 Å². The van der Waals surface area contributed by atoms with Crippen molar-refractivity contribution in [1.29, 1.82) is 0 Å². The van der Waals surface area contributed by atoms with Crippen LogP contribution in [0.25, 0.3) is 0 Å². The zero-order chi connectivity index (χ0) is 15.1. The van der Waals surface area contributed by atoms with Gasteiger partial charge < -0.3 is 15.2 Å². The molecular weight excluding hydrogens is 256 g/mol. The maximum atomic E-state index is 11.8. The standard InChI is InChI=1S/C15H24N2O3/c1-5-8-16-15(19)11(3)17-10(2)13-7-6-12(20-4)9-14(13)18/h6-7,9-11,17-18H,5,8H2,1-4H3,(H,16,19). The van der Waals surface area contributed by atoms with Crippen molar-refractivity contribution in [2.75, 3.05) is 13.7 Å². The first-order chi connectivity index (χ1) is 9.49. The summed E-state index contributed by atoms with van der Waals surface area (Å²) in [5.41, 5.74) is 0.737. The minimum absolute atomic E-state index is 0.0355. The minimum Gasteiger partial charge on any atom is -0.507 e. The van der Waals surface area contributed by atoms with Crippen molar-refractivity contribution in [3.8, 4) is 11.5 Å². The molecule has 5 heteroatoms. The fourth-order valence-corrected chi connectivity index (χ4v) is 1.96. The van der Waals surface area contributed by atoms with E-state index in [1.807, 2.05) is 20.8 Å². The van der Waals surface area contributed by atoms with E-state index in [0.29, 0.717) is 12.3 Å². The average Bonchev–Trinajstić information content (AvgIpc) is 2.44. The van der Waals surface area contributed by atoms with Gasteiger partial charge >= 0.3 is 0 Å². The second-order valence-corrected chi connectivity index (χ2v) is 4.83. The molecule has 0 spiro atoms. The van der Waals surface area contributed by atoms with E-state index in [9.17, 15) is 9.90 Å². The fourth-order valence-electron chi connectivity index (χ4n) is 1.96. The van der Waals surface area contributed by atoms with Crippen LogP contribution in [0.15, 0.2) is 18.2 Å². The topological polar surface area (TPSA) is 70.6 Å². The number of nitrogens with one attached hydrogen (secondary N) is 2. The lowest BCUT2D eigenvalue weighted by molar-refractivity contribution is -0.122. The highest BCUT2D eigenvalue weighted by molar-refractivity contribution is 5.81. The monoisotopic (exact) mass is 280 g/mol. The number of hydrogen-bond acceptors (Lipinski definition) is 4. The number of aromatic hydroxyl groups is 1. The van der Waals surface area contributed by atoms with Gasteiger partial charge in [-0.25, -0.2) is 0 Å². The van der Waals surface area contributed by atoms with E-state index in [2.05, 4.69) is 10.6 Å². The van der Waals surface area contributed by atoms with Crippen molar-refractivity contribution in [3.05, 3.63) is 23.8 Å². The van der Waals surface area contributed by atoms with Crippen LogP contribution < -0.4 is 15.4 Å². The van der Waals surface area contributed by atoms with Crippen molar-refractivity contribution in [2.24, 2.45) is 0 Å². The van der Waals surface area contributed by atoms with E-state index in [1.165, 1.54) is 0 Å². The number of phenols is 1. The van der Waals surface area contributed by atoms with Gasteiger partial charge in [-0.2, -0.15) is 0 Å². The molecule has 1 aromatic rings. The molecule has 0 fully saturated rings. The largest absolute Gasteiger partial charge is 0.507 e. The molecule has 0 saturated heterocycles. The zero-order valence-corrected chi connectivity index (χ0v) is 12.6. The summed E-state index contributed by atoms with van der Waals surface area (Å²) in [4.78, 5) is 11.8. The number of amides is 1. The minimum atomic E-state index is -0.321. The van der Waals surface area contributed by atoms with Crippen LogP contribution in [-0.2, 0) is 4.79 Å². The van der Waals surface area contributed by atoms with Crippen molar-refractivity contribution in [2.45, 2.75) is 39.3 Å². The van der Waals surface area contributed by atoms with Gasteiger partial charge in [0.2, 0.25) is 5.91 Å². The Hall–Kier alpha value is -1.75. The van der Waals surface area contributed by atoms with E-state index in [-0.39, 0.29) is 23.7 Å². The van der Waals surface area contributed by atoms with E-state index < -0.39 is 0 Å². The molecule has 1 aromatic carbocycles. The molecule has 0 radical (unpaired) electrons. The highest BCUT2D eigenvalue weighted by Crippen LogP contribution is 2.28. The maximum absolute atomic E-state index is 11.8. The SMILES string of the molecule is CCCNC(=O)C(C)NC(C)c1ccc(OC)cc1O. The number of benzene rings is 1. The van der Waals surface area contributed by atoms with Crippen LogP contribution in [0.1, 0.15) is 38.8 Å². The third-order valence-corrected chi connectivity index (χ3v) is 3.15. The van der Waals surface area contributed by atoms with Crippen molar-refractivity contribution < 1.29 is 14.6 Å². The van der Waals surface area contributed by atoms with Crippen molar-refractivity contribution >= 4 is 5.91 Å². The molecule has 0 aliphatic carbocycles. The third kappa shape index (κ3) is 4.42. The first kappa shape index (κ1) is 16.3. The molecule has 1 amide bonds. The van der Waals surface area contributed by atoms with Gasteiger partial charge in [-0.1, -0.05) is 13.0 Å². The van der Waals surface area contributed by atoms with Gasteiger partial charge in [-0.05, 0) is 26.3 Å². The lowest BCUT2D eigenvalue weighted by Crippen LogP contribution is -2.43. The molecule has 0 aromatic heterocycles. The molecule has 0 bridgehead atoms. The second kappa shape index (κ2) is 7.75. The summed E-state index contributed by atoms with van der Waals surface area (Å²) >= 11 is 0. The summed E-state index contributed by atoms with van der Waals surface area (Å²) in [5.74, 6) is 0.726. The van der Waals surface area contributed by atoms with E-state index in [0.717, 1.165) is 12.0 Å². The van der Waals surface area contributed by atoms with Crippen LogP contribution in [0.4, 0.5) is 0 Å². The Bertz CT molecular complexity index is 449. The van der Waals surface area contributed by atoms with Gasteiger partial charge in [0.05, 0.1) is 13.2 Å². The molecule has 2 unspecified atom stereocenters. The van der Waals surface area contributed by atoms with Crippen LogP contribution >= 0.6 is 0 Å². The van der Waals surface area contributed by atoms with Crippen LogP contribution in [-0.4, -0.2) is 30.7 Å². The molecule has 112 valence electrons. The summed E-state index contributed by atoms with van der Waals surface area (Å²) < 4.78 is 5.05. The van der Waals surface area contributed by atoms with Gasteiger partial charge in [0.25, 0.3) is 0 Å². The lowest BCUT2D eigenvalue weighted by atomic mass is 10.1. The normalized spacial score (nSPS) is 13.6. The zero-order valence-electron chi connectivity index (χ0n) is 12.6. The Morgan fingerprint density at radius 3 is 2.65 bits per heavy atom. The molecule has 2 atom stereocenters. The predicted octanol–water partition coefficient (Wildman–Crippen LogP) is 1.97. The smallest absolute Gasteiger partial charge is 0.236 e. The molecule has 0 saturated carbocycles. The highest BCUT2D eigenvalue weighted by Gasteiger charge is 2.17. The molecule has 1 rings (SSSR count). The summed E-state index contributed by atoms with van der Waals surface area (Å²) in [6, 6.07) is 4.69. The second-order valence-electron chi connectivity index (χ2n) is 4.83. The molecular formula is C15H24N2O3. The first-order valence-corrected chi connectivity index (χ1v) is 6.90. The van der Waals surface area contributed by atoms with Crippen LogP contribution in [0.5, 0.6) is 11.5 Å². The summed E-state index contributed by atoms with van der Waals surface area (Å²) in [6.07, 6.45) is 0.910. The summed E-state index contributed by atoms with van der Waals surface area (Å²) in [5, 5.41) is 16.0. The summed E-state index contributed by atoms with van der Waals surface area (Å²) in [7, 11) is 1.55. The Balaban J connectivity index is 2.66. The predicted molar refractivity (Wildman–Crippen MR) is 79.0 cm³/mol. The van der Waals surface area contributed by atoms with Crippen molar-refractivity contribution in [3.63, 3.8) is 0 Å². The third-order valence-electron chi connectivity index (χ3n) is 3.15. The van der Waals surface area contributed by atoms with Crippen LogP contribution in [0, 0.1) is 0 Å². The van der Waals surface area contributed by atoms with Gasteiger partial charge in [0, 0.05) is 24.2 Å². The number of methoxy groups -OCH3 is 1. The van der Waals surface area contributed by atoms with E-state index >= 15 is 0 Å². The van der Waals surface area contributed by atoms with Crippen LogP contribution in [0.2, 0.25) is 0 Å². The number of carbonyl (C=O) groups excluding carboxylic acids is 1. The quantitative estimate of drug-likeness (QED) is 0.714. The molecule has 5 nitrogen and oxygen atoms in total. The van der Waals surface area contributed by atoms with Crippen LogP contribution in [0.3, 0.4) is 0 Å². The van der Waals surface area contributed by atoms with Crippen molar-refractivity contribution in [1.82, 2.24) is 10.6 Å². The number of carbonyl (C=O) groups is 1. The number of ether oxygens (including phenoxy) is 1. The number of rotatable bonds is 7. The molecule has 20 heavy (non-hydrogen) atoms. The Morgan fingerprint density at radius 2 is 2.10 bits per heavy atom. The Morgan fingerprint density at radius 1 is 1.40 bits per heavy atom. The number of phenolic OH excluding ortho intramolecular Hbond substituents is 1. The Labute approximate surface area is 120 Å².